The molecule has 551 valence electrons. The Labute approximate surface area is 704 Å². The van der Waals surface area contributed by atoms with Gasteiger partial charge in [0.15, 0.2) is 0 Å². The quantitative estimate of drug-likeness (QED) is 0.129. The van der Waals surface area contributed by atoms with Crippen LogP contribution in [0.4, 0.5) is 0 Å². The van der Waals surface area contributed by atoms with E-state index in [1.165, 1.54) is 120 Å². The van der Waals surface area contributed by atoms with Crippen LogP contribution in [0.3, 0.4) is 0 Å². The molecule has 0 saturated heterocycles. The van der Waals surface area contributed by atoms with Gasteiger partial charge in [-0.25, -0.2) is 0 Å². The van der Waals surface area contributed by atoms with E-state index in [0.29, 0.717) is 17.8 Å². The molecule has 10 nitrogen and oxygen atoms in total. The van der Waals surface area contributed by atoms with Gasteiger partial charge in [-0.1, -0.05) is 183 Å². The minimum atomic E-state index is 0. The predicted octanol–water partition coefficient (Wildman–Crippen LogP) is 23.7. The molecule has 0 unspecified atom stereocenters. The van der Waals surface area contributed by atoms with Crippen LogP contribution in [0.1, 0.15) is 81.5 Å². The summed E-state index contributed by atoms with van der Waals surface area (Å²) in [6, 6.07) is 99.7. The molecule has 0 atom stereocenters. The molecule has 22 aromatic rings. The fraction of sp³-hybridized carbons (Fsp3) is 0.105. The maximum Gasteiger partial charge on any atom is 0.0774 e. The smallest absolute Gasteiger partial charge is 0.0774 e. The molecule has 12 aromatic carbocycles. The third-order valence-electron chi connectivity index (χ3n) is 20.6. The number of imidazole rings is 5. The number of rotatable bonds is 4. The number of para-hydroxylation sites is 3. The molecule has 0 aliphatic heterocycles. The van der Waals surface area contributed by atoms with Crippen molar-refractivity contribution in [3.8, 4) is 11.1 Å². The van der Waals surface area contributed by atoms with Crippen molar-refractivity contribution in [2.24, 2.45) is 0 Å². The van der Waals surface area contributed by atoms with Gasteiger partial charge in [-0.2, -0.15) is 0 Å². The molecular formula is C95H71Ir5N10-5. The van der Waals surface area contributed by atoms with Crippen molar-refractivity contribution < 1.29 is 101 Å². The summed E-state index contributed by atoms with van der Waals surface area (Å²) < 4.78 is 10.9. The van der Waals surface area contributed by atoms with Gasteiger partial charge in [0, 0.05) is 183 Å². The van der Waals surface area contributed by atoms with Crippen LogP contribution in [0.15, 0.2) is 286 Å². The average molecular weight is 2310 g/mol. The second-order valence-electron chi connectivity index (χ2n) is 27.9. The zero-order valence-electron chi connectivity index (χ0n) is 61.0. The van der Waals surface area contributed by atoms with E-state index in [9.17, 15) is 0 Å². The minimum absolute atomic E-state index is 0. The van der Waals surface area contributed by atoms with Crippen LogP contribution < -0.4 is 0 Å². The number of aryl methyl sites for hydroxylation is 1. The summed E-state index contributed by atoms with van der Waals surface area (Å²) in [6.45, 7) is 15.5. The Bertz CT molecular complexity index is 7060. The summed E-state index contributed by atoms with van der Waals surface area (Å²) in [4.78, 5) is 22.9. The standard InChI is InChI=1S/C24H19N2.C22H17N2.C18H15N2.C16H11N2.C15H9N2.5Ir/c1-16(2)17-10-12-18(13-11-17)19-8-5-9-21-20-6-3-4-7-22(20)24-25-14-15-26(24)23(19)21;1-14(2)15-11-12-19-21(13-15)24-20-10-6-5-8-17(20)16-7-3-4-9-18(16)22(24)23-19;1-12(2)13-7-8-17-16(11-13)14-5-3-4-6-15(14)18-19-9-10-20(17)18;1-11-6-7-15-14(10-11)12-4-2-3-5-13(12)16-17-8-9-18(15)16;1-2-7-13-11(5-1)12-6-3-4-8-14(12)17-10-9-16-15(13)17;;;;;/h3-6,8-16H,1-2H3;3-8,10-14H,1-2H3;3-5,7-12H,1-2H3;2-4,6-10H,1H3;1-6,8-10H;;;;;/q5*-1;;;;;. The minimum Gasteiger partial charge on any atom is -0.340 e. The molecule has 10 aromatic heterocycles. The Morgan fingerprint density at radius 3 is 1.17 bits per heavy atom. The summed E-state index contributed by atoms with van der Waals surface area (Å²) in [6.07, 6.45) is 15.5. The fourth-order valence-corrected chi connectivity index (χ4v) is 15.3. The molecule has 0 fully saturated rings. The van der Waals surface area contributed by atoms with Crippen LogP contribution in [0.25, 0.3) is 159 Å². The molecule has 0 bridgehead atoms. The van der Waals surface area contributed by atoms with Crippen LogP contribution in [0, 0.1) is 37.3 Å². The topological polar surface area (TPSA) is 86.5 Å². The normalized spacial score (nSPS) is 11.3. The SMILES string of the molecule is CC(C)c1ccc(-c2cccc3c4ccc[c-]c4c4nccn4c23)cc1.CC(C)c1ccc2c(c1)c1ccc[c-]c1c1nccn21.CC(C)c1ccc2nc3c4[c-]cccc4c4ccccc4n3c2c1.Cc1ccc2c(c1)c1ccc[c-]c1c1nccn21.[Ir].[Ir].[Ir].[Ir].[Ir].[c-]1cccc2c1c1nccn1c1ccccc21. The summed E-state index contributed by atoms with van der Waals surface area (Å²) >= 11 is 0. The van der Waals surface area contributed by atoms with Gasteiger partial charge in [-0.05, 0) is 110 Å². The summed E-state index contributed by atoms with van der Waals surface area (Å²) in [5, 5.41) is 17.7. The van der Waals surface area contributed by atoms with E-state index in [1.807, 2.05) is 110 Å². The van der Waals surface area contributed by atoms with E-state index in [4.69, 9.17) is 4.98 Å². The maximum atomic E-state index is 4.93. The van der Waals surface area contributed by atoms with Crippen molar-refractivity contribution in [2.45, 2.75) is 66.2 Å². The number of hydrogen-bond acceptors (Lipinski definition) is 5. The first-order chi connectivity index (χ1) is 51.5. The average Bonchev–Trinajstić information content (AvgIpc) is 1.55. The van der Waals surface area contributed by atoms with Gasteiger partial charge in [0.2, 0.25) is 0 Å². The fourth-order valence-electron chi connectivity index (χ4n) is 15.3. The van der Waals surface area contributed by atoms with Gasteiger partial charge in [0.1, 0.15) is 0 Å². The number of hydrogen-bond donors (Lipinski definition) is 0. The molecule has 0 saturated carbocycles. The summed E-state index contributed by atoms with van der Waals surface area (Å²) in [5.41, 5.74) is 20.9. The molecule has 0 spiro atoms. The van der Waals surface area contributed by atoms with Crippen molar-refractivity contribution in [1.29, 1.82) is 0 Å². The summed E-state index contributed by atoms with van der Waals surface area (Å²) in [7, 11) is 0. The Hall–Kier alpha value is -9.80. The molecule has 22 rings (SSSR count). The zero-order valence-corrected chi connectivity index (χ0v) is 73.0. The Kier molecular flexibility index (Phi) is 23.5. The van der Waals surface area contributed by atoms with E-state index in [2.05, 4.69) is 297 Å². The molecular weight excluding hydrogens is 2240 g/mol. The number of aromatic nitrogens is 10. The van der Waals surface area contributed by atoms with Crippen LogP contribution in [-0.4, -0.2) is 46.9 Å². The summed E-state index contributed by atoms with van der Waals surface area (Å²) in [5.74, 6) is 1.57. The van der Waals surface area contributed by atoms with Crippen LogP contribution in [0.5, 0.6) is 0 Å². The molecule has 110 heavy (non-hydrogen) atoms. The van der Waals surface area contributed by atoms with Gasteiger partial charge in [0.05, 0.1) is 39.3 Å². The van der Waals surface area contributed by atoms with Crippen molar-refractivity contribution in [1.82, 2.24) is 46.9 Å². The third-order valence-corrected chi connectivity index (χ3v) is 20.6. The number of pyridine rings is 5. The number of nitrogens with zero attached hydrogens (tertiary/aromatic N) is 10. The second-order valence-corrected chi connectivity index (χ2v) is 27.9. The first kappa shape index (κ1) is 78.3. The second kappa shape index (κ2) is 33.0. The van der Waals surface area contributed by atoms with E-state index >= 15 is 0 Å². The first-order valence-corrected chi connectivity index (χ1v) is 35.9. The van der Waals surface area contributed by atoms with E-state index < -0.39 is 0 Å². The van der Waals surface area contributed by atoms with Gasteiger partial charge in [0.25, 0.3) is 0 Å². The molecule has 10 heterocycles. The van der Waals surface area contributed by atoms with Gasteiger partial charge in [-0.3, -0.25) is 24.9 Å². The van der Waals surface area contributed by atoms with Crippen molar-refractivity contribution in [3.05, 3.63) is 339 Å². The predicted molar refractivity (Wildman–Crippen MR) is 435 cm³/mol. The monoisotopic (exact) mass is 2320 g/mol. The van der Waals surface area contributed by atoms with Gasteiger partial charge < -0.3 is 22.0 Å². The van der Waals surface area contributed by atoms with Crippen LogP contribution in [-0.2, 0) is 101 Å². The molecule has 0 aliphatic carbocycles. The van der Waals surface area contributed by atoms with Crippen molar-refractivity contribution in [2.75, 3.05) is 0 Å². The van der Waals surface area contributed by atoms with Gasteiger partial charge >= 0.3 is 0 Å². The molecule has 15 heteroatoms. The molecule has 0 aliphatic rings. The van der Waals surface area contributed by atoms with Crippen LogP contribution in [0.2, 0.25) is 0 Å². The van der Waals surface area contributed by atoms with Crippen molar-refractivity contribution >= 4 is 148 Å². The van der Waals surface area contributed by atoms with E-state index in [0.717, 1.165) is 60.7 Å². The van der Waals surface area contributed by atoms with Crippen LogP contribution >= 0.6 is 0 Å². The molecule has 5 radical (unpaired) electrons. The largest absolute Gasteiger partial charge is 0.340 e. The maximum absolute atomic E-state index is 4.93. The third kappa shape index (κ3) is 13.9. The Morgan fingerprint density at radius 2 is 0.664 bits per heavy atom. The number of fused-ring (bicyclic) bond motifs is 32. The van der Waals surface area contributed by atoms with Gasteiger partial charge in [-0.15, -0.1) is 148 Å². The molecule has 0 amide bonds. The Morgan fingerprint density at radius 1 is 0.291 bits per heavy atom. The number of benzene rings is 12. The Balaban J connectivity index is 0.000000120. The first-order valence-electron chi connectivity index (χ1n) is 35.9. The zero-order chi connectivity index (χ0) is 71.0. The molecule has 0 N–H and O–H groups in total. The van der Waals surface area contributed by atoms with E-state index in [-0.39, 0.29) is 101 Å². The van der Waals surface area contributed by atoms with Crippen molar-refractivity contribution in [3.63, 3.8) is 0 Å². The van der Waals surface area contributed by atoms with E-state index in [1.54, 1.807) is 0 Å².